The van der Waals surface area contributed by atoms with Gasteiger partial charge in [-0.2, -0.15) is 0 Å². The fourth-order valence-electron chi connectivity index (χ4n) is 1.27. The maximum atomic E-state index is 5.61. The molecule has 0 aliphatic heterocycles. The van der Waals surface area contributed by atoms with Gasteiger partial charge in [-0.15, -0.1) is 0 Å². The first-order valence-corrected chi connectivity index (χ1v) is 4.62. The van der Waals surface area contributed by atoms with Crippen LogP contribution in [0.5, 0.6) is 0 Å². The van der Waals surface area contributed by atoms with Crippen molar-refractivity contribution in [1.29, 1.82) is 0 Å². The Morgan fingerprint density at radius 1 is 0.750 bits per heavy atom. The maximum Gasteiger partial charge on any atom is 0.164 e. The van der Waals surface area contributed by atoms with Crippen LogP contribution in [-0.2, 0) is 0 Å². The smallest absolute Gasteiger partial charge is 0.164 e. The Morgan fingerprint density at radius 3 is 1.75 bits per heavy atom. The summed E-state index contributed by atoms with van der Waals surface area (Å²) < 4.78 is 0. The lowest BCUT2D eigenvalue weighted by molar-refractivity contribution is 1.20. The number of aromatic nitrogens is 2. The van der Waals surface area contributed by atoms with E-state index < -0.39 is 0 Å². The number of benzene rings is 1. The molecule has 0 amide bonds. The van der Waals surface area contributed by atoms with Crippen LogP contribution in [0.2, 0.25) is 0 Å². The quantitative estimate of drug-likeness (QED) is 0.513. The number of nitrogens with two attached hydrogens (primary N) is 4. The predicted octanol–water partition coefficient (Wildman–Crippen LogP) is 0.472. The average Bonchev–Trinajstić information content (AvgIpc) is 2.26. The molecule has 16 heavy (non-hydrogen) atoms. The average molecular weight is 216 g/mol. The zero-order valence-electron chi connectivity index (χ0n) is 8.51. The summed E-state index contributed by atoms with van der Waals surface area (Å²) >= 11 is 0. The van der Waals surface area contributed by atoms with E-state index in [0.717, 1.165) is 5.56 Å². The van der Waals surface area contributed by atoms with Gasteiger partial charge in [0.15, 0.2) is 17.5 Å². The molecule has 1 heterocycles. The molecule has 1 aromatic carbocycles. The van der Waals surface area contributed by atoms with Crippen LogP contribution in [0.3, 0.4) is 0 Å². The molecule has 0 aliphatic carbocycles. The molecule has 0 spiro atoms. The number of nitrogens with zero attached hydrogens (tertiary/aromatic N) is 2. The van der Waals surface area contributed by atoms with Crippen molar-refractivity contribution in [2.24, 2.45) is 0 Å². The highest BCUT2D eigenvalue weighted by atomic mass is 15.0. The minimum Gasteiger partial charge on any atom is -0.399 e. The summed E-state index contributed by atoms with van der Waals surface area (Å²) in [4.78, 5) is 8.11. The van der Waals surface area contributed by atoms with Gasteiger partial charge in [0, 0.05) is 11.3 Å². The Morgan fingerprint density at radius 2 is 1.25 bits per heavy atom. The summed E-state index contributed by atoms with van der Waals surface area (Å²) in [5, 5.41) is 0. The first-order chi connectivity index (χ1) is 7.58. The minimum atomic E-state index is 0.180. The van der Waals surface area contributed by atoms with Crippen molar-refractivity contribution in [3.63, 3.8) is 0 Å². The molecular weight excluding hydrogens is 204 g/mol. The van der Waals surface area contributed by atoms with Crippen molar-refractivity contribution >= 4 is 23.0 Å². The van der Waals surface area contributed by atoms with Gasteiger partial charge in [0.2, 0.25) is 0 Å². The molecular formula is C10H12N6. The Labute approximate surface area is 92.3 Å². The molecule has 2 rings (SSSR count). The lowest BCUT2D eigenvalue weighted by Gasteiger charge is -2.06. The van der Waals surface area contributed by atoms with Crippen LogP contribution in [0.15, 0.2) is 24.3 Å². The number of nitrogen functional groups attached to an aromatic ring is 4. The van der Waals surface area contributed by atoms with Crippen LogP contribution >= 0.6 is 0 Å². The van der Waals surface area contributed by atoms with Crippen molar-refractivity contribution in [2.45, 2.75) is 0 Å². The molecule has 0 radical (unpaired) electrons. The molecule has 0 fully saturated rings. The van der Waals surface area contributed by atoms with E-state index in [1.807, 2.05) is 0 Å². The lowest BCUT2D eigenvalue weighted by atomic mass is 10.2. The van der Waals surface area contributed by atoms with Crippen molar-refractivity contribution in [3.05, 3.63) is 24.3 Å². The van der Waals surface area contributed by atoms with Gasteiger partial charge in [-0.1, -0.05) is 0 Å². The standard InChI is InChI=1S/C10H12N6/c11-6-3-1-5(2-4-6)10-15-8(13)7(12)9(14)16-10/h1-4H,11-12H2,(H4,13,14,15,16). The highest BCUT2D eigenvalue weighted by Crippen LogP contribution is 2.24. The Hall–Kier alpha value is -2.50. The second kappa shape index (κ2) is 3.58. The summed E-state index contributed by atoms with van der Waals surface area (Å²) in [6, 6.07) is 7.09. The highest BCUT2D eigenvalue weighted by molar-refractivity contribution is 5.74. The van der Waals surface area contributed by atoms with E-state index in [4.69, 9.17) is 22.9 Å². The topological polar surface area (TPSA) is 130 Å². The van der Waals surface area contributed by atoms with Gasteiger partial charge in [0.05, 0.1) is 0 Å². The van der Waals surface area contributed by atoms with Crippen LogP contribution in [0.4, 0.5) is 23.0 Å². The van der Waals surface area contributed by atoms with Crippen LogP contribution < -0.4 is 22.9 Å². The largest absolute Gasteiger partial charge is 0.399 e. The Bertz CT molecular complexity index is 496. The number of rotatable bonds is 1. The van der Waals surface area contributed by atoms with E-state index in [1.165, 1.54) is 0 Å². The molecule has 0 bridgehead atoms. The molecule has 0 unspecified atom stereocenters. The highest BCUT2D eigenvalue weighted by Gasteiger charge is 2.08. The summed E-state index contributed by atoms with van der Waals surface area (Å²) in [5.74, 6) is 0.794. The molecule has 6 heteroatoms. The Balaban J connectivity index is 2.52. The van der Waals surface area contributed by atoms with Crippen LogP contribution in [0, 0.1) is 0 Å². The first kappa shape index (κ1) is 10.0. The molecule has 0 aliphatic rings. The SMILES string of the molecule is Nc1ccc(-c2nc(N)c(N)c(N)n2)cc1. The summed E-state index contributed by atoms with van der Waals surface area (Å²) in [5.41, 5.74) is 24.0. The molecule has 0 atom stereocenters. The normalized spacial score (nSPS) is 10.2. The van der Waals surface area contributed by atoms with Gasteiger partial charge in [0.1, 0.15) is 5.69 Å². The molecule has 6 nitrogen and oxygen atoms in total. The van der Waals surface area contributed by atoms with Crippen molar-refractivity contribution in [3.8, 4) is 11.4 Å². The lowest BCUT2D eigenvalue weighted by Crippen LogP contribution is -2.06. The van der Waals surface area contributed by atoms with E-state index in [2.05, 4.69) is 9.97 Å². The number of hydrogen-bond acceptors (Lipinski definition) is 6. The van der Waals surface area contributed by atoms with E-state index in [9.17, 15) is 0 Å². The molecule has 82 valence electrons. The molecule has 0 saturated heterocycles. The maximum absolute atomic E-state index is 5.61. The van der Waals surface area contributed by atoms with Gasteiger partial charge >= 0.3 is 0 Å². The zero-order valence-corrected chi connectivity index (χ0v) is 8.51. The van der Waals surface area contributed by atoms with E-state index >= 15 is 0 Å². The second-order valence-electron chi connectivity index (χ2n) is 3.35. The molecule has 0 saturated carbocycles. The van der Waals surface area contributed by atoms with Crippen molar-refractivity contribution < 1.29 is 0 Å². The van der Waals surface area contributed by atoms with E-state index in [-0.39, 0.29) is 17.3 Å². The number of hydrogen-bond donors (Lipinski definition) is 4. The molecule has 8 N–H and O–H groups in total. The van der Waals surface area contributed by atoms with E-state index in [1.54, 1.807) is 24.3 Å². The van der Waals surface area contributed by atoms with Gasteiger partial charge in [-0.05, 0) is 24.3 Å². The third-order valence-electron chi connectivity index (χ3n) is 2.17. The molecule has 1 aromatic heterocycles. The predicted molar refractivity (Wildman–Crippen MR) is 65.1 cm³/mol. The van der Waals surface area contributed by atoms with Gasteiger partial charge < -0.3 is 22.9 Å². The van der Waals surface area contributed by atoms with Crippen molar-refractivity contribution in [1.82, 2.24) is 9.97 Å². The fourth-order valence-corrected chi connectivity index (χ4v) is 1.27. The van der Waals surface area contributed by atoms with Gasteiger partial charge in [-0.3, -0.25) is 0 Å². The van der Waals surface area contributed by atoms with Gasteiger partial charge in [0.25, 0.3) is 0 Å². The molecule has 2 aromatic rings. The number of anilines is 4. The third-order valence-corrected chi connectivity index (χ3v) is 2.17. The first-order valence-electron chi connectivity index (χ1n) is 4.62. The summed E-state index contributed by atoms with van der Waals surface area (Å²) in [6.45, 7) is 0. The second-order valence-corrected chi connectivity index (χ2v) is 3.35. The zero-order chi connectivity index (χ0) is 11.7. The summed E-state index contributed by atoms with van der Waals surface area (Å²) in [6.07, 6.45) is 0. The van der Waals surface area contributed by atoms with Crippen LogP contribution in [-0.4, -0.2) is 9.97 Å². The monoisotopic (exact) mass is 216 g/mol. The van der Waals surface area contributed by atoms with Crippen LogP contribution in [0.25, 0.3) is 11.4 Å². The van der Waals surface area contributed by atoms with E-state index in [0.29, 0.717) is 11.5 Å². The minimum absolute atomic E-state index is 0.180. The van der Waals surface area contributed by atoms with Crippen LogP contribution in [0.1, 0.15) is 0 Å². The Kier molecular flexibility index (Phi) is 2.24. The third kappa shape index (κ3) is 1.68. The summed E-state index contributed by atoms with van der Waals surface area (Å²) in [7, 11) is 0. The van der Waals surface area contributed by atoms with Crippen molar-refractivity contribution in [2.75, 3.05) is 22.9 Å². The van der Waals surface area contributed by atoms with Gasteiger partial charge in [-0.25, -0.2) is 9.97 Å². The fraction of sp³-hybridized carbons (Fsp3) is 0.